The second-order valence-corrected chi connectivity index (χ2v) is 5.43. The Bertz CT molecular complexity index is 56.3. The van der Waals surface area contributed by atoms with E-state index in [-0.39, 0.29) is 0 Å². The topological polar surface area (TPSA) is 0 Å². The molecule has 0 saturated carbocycles. The van der Waals surface area contributed by atoms with E-state index in [2.05, 4.69) is 26.5 Å². The molecule has 0 spiro atoms. The molecule has 0 bridgehead atoms. The molecule has 0 fully saturated rings. The third kappa shape index (κ3) is 6.94. The van der Waals surface area contributed by atoms with E-state index in [1.165, 1.54) is 11.5 Å². The quantitative estimate of drug-likeness (QED) is 0.513. The van der Waals surface area contributed by atoms with Crippen molar-refractivity contribution in [2.75, 3.05) is 17.3 Å². The van der Waals surface area contributed by atoms with Gasteiger partial charge in [0.25, 0.3) is 0 Å². The second kappa shape index (κ2) is 7.16. The maximum absolute atomic E-state index is 4.13. The summed E-state index contributed by atoms with van der Waals surface area (Å²) in [5.41, 5.74) is 0. The number of hydrogen-bond acceptors (Lipinski definition) is 3. The number of thiol groups is 1. The van der Waals surface area contributed by atoms with Crippen LogP contribution >= 0.6 is 36.2 Å². The zero-order valence-electron chi connectivity index (χ0n) is 5.96. The summed E-state index contributed by atoms with van der Waals surface area (Å²) < 4.78 is 0.752. The molecule has 0 aliphatic carbocycles. The maximum Gasteiger partial charge on any atom is 0.0474 e. The normalized spacial score (nSPS) is 13.7. The molecule has 0 aliphatic rings. The Morgan fingerprint density at radius 2 is 2.11 bits per heavy atom. The highest BCUT2D eigenvalue weighted by molar-refractivity contribution is 8.17. The molecule has 0 saturated heterocycles. The molecule has 0 nitrogen and oxygen atoms in total. The van der Waals surface area contributed by atoms with Crippen LogP contribution in [0.1, 0.15) is 13.8 Å². The van der Waals surface area contributed by atoms with Gasteiger partial charge in [-0.05, 0) is 18.4 Å². The summed E-state index contributed by atoms with van der Waals surface area (Å²) in [5, 5.41) is 0. The monoisotopic (exact) mass is 182 g/mol. The highest BCUT2D eigenvalue weighted by Gasteiger charge is 1.98. The van der Waals surface area contributed by atoms with E-state index in [4.69, 9.17) is 0 Å². The van der Waals surface area contributed by atoms with Gasteiger partial charge in [-0.1, -0.05) is 6.92 Å². The molecule has 3 heteroatoms. The number of rotatable bonds is 5. The van der Waals surface area contributed by atoms with Crippen LogP contribution in [0.3, 0.4) is 0 Å². The van der Waals surface area contributed by atoms with Crippen LogP contribution in [0, 0.1) is 0 Å². The Balaban J connectivity index is 2.95. The number of thioether (sulfide) groups is 2. The summed E-state index contributed by atoms with van der Waals surface area (Å²) in [7, 11) is 0. The van der Waals surface area contributed by atoms with Crippen LogP contribution in [0.4, 0.5) is 0 Å². The fraction of sp³-hybridized carbons (Fsp3) is 1.00. The smallest absolute Gasteiger partial charge is 0.0474 e. The lowest BCUT2D eigenvalue weighted by Crippen LogP contribution is -1.92. The van der Waals surface area contributed by atoms with Crippen LogP contribution in [-0.4, -0.2) is 21.8 Å². The van der Waals surface area contributed by atoms with Crippen molar-refractivity contribution in [3.05, 3.63) is 0 Å². The van der Waals surface area contributed by atoms with Crippen molar-refractivity contribution < 1.29 is 0 Å². The fourth-order valence-electron chi connectivity index (χ4n) is 0.501. The maximum atomic E-state index is 4.13. The Morgan fingerprint density at radius 1 is 1.44 bits per heavy atom. The van der Waals surface area contributed by atoms with Crippen LogP contribution in [0.5, 0.6) is 0 Å². The lowest BCUT2D eigenvalue weighted by atomic mass is 10.9. The lowest BCUT2D eigenvalue weighted by Gasteiger charge is -2.06. The Kier molecular flexibility index (Phi) is 8.00. The highest BCUT2D eigenvalue weighted by atomic mass is 32.2. The first kappa shape index (κ1) is 10.0. The molecule has 1 unspecified atom stereocenters. The van der Waals surface area contributed by atoms with E-state index in [1.807, 2.05) is 23.5 Å². The molecule has 9 heavy (non-hydrogen) atoms. The largest absolute Gasteiger partial charge is 0.179 e. The van der Waals surface area contributed by atoms with Crippen LogP contribution in [-0.2, 0) is 0 Å². The zero-order valence-corrected chi connectivity index (χ0v) is 8.49. The van der Waals surface area contributed by atoms with Crippen molar-refractivity contribution in [3.63, 3.8) is 0 Å². The van der Waals surface area contributed by atoms with Gasteiger partial charge in [0.2, 0.25) is 0 Å². The Labute approximate surface area is 72.0 Å². The van der Waals surface area contributed by atoms with E-state index in [0.717, 1.165) is 10.3 Å². The van der Waals surface area contributed by atoms with Crippen molar-refractivity contribution in [3.8, 4) is 0 Å². The summed E-state index contributed by atoms with van der Waals surface area (Å²) >= 11 is 8.12. The molecule has 0 aliphatic heterocycles. The molecule has 0 aromatic rings. The van der Waals surface area contributed by atoms with Crippen LogP contribution in [0.2, 0.25) is 0 Å². The van der Waals surface area contributed by atoms with Crippen LogP contribution < -0.4 is 0 Å². The molecule has 0 N–H and O–H groups in total. The molecule has 0 rings (SSSR count). The van der Waals surface area contributed by atoms with E-state index >= 15 is 0 Å². The molecular formula is C6H14S3. The predicted octanol–water partition coefficient (Wildman–Crippen LogP) is 2.75. The van der Waals surface area contributed by atoms with Gasteiger partial charge in [-0.3, -0.25) is 0 Å². The summed E-state index contributed by atoms with van der Waals surface area (Å²) in [4.78, 5) is 0. The molecular weight excluding hydrogens is 168 g/mol. The summed E-state index contributed by atoms with van der Waals surface area (Å²) in [6.07, 6.45) is 0. The van der Waals surface area contributed by atoms with E-state index < -0.39 is 0 Å². The first-order chi connectivity index (χ1) is 4.31. The van der Waals surface area contributed by atoms with E-state index in [1.54, 1.807) is 0 Å². The van der Waals surface area contributed by atoms with Crippen molar-refractivity contribution in [1.82, 2.24) is 0 Å². The van der Waals surface area contributed by atoms with E-state index in [9.17, 15) is 0 Å². The molecule has 0 aromatic carbocycles. The highest BCUT2D eigenvalue weighted by Crippen LogP contribution is 2.22. The lowest BCUT2D eigenvalue weighted by molar-refractivity contribution is 1.38. The van der Waals surface area contributed by atoms with Gasteiger partial charge >= 0.3 is 0 Å². The van der Waals surface area contributed by atoms with Gasteiger partial charge in [0.1, 0.15) is 0 Å². The van der Waals surface area contributed by atoms with Crippen molar-refractivity contribution in [1.29, 1.82) is 0 Å². The minimum absolute atomic E-state index is 0.752. The third-order valence-electron chi connectivity index (χ3n) is 0.845. The standard InChI is InChI=1S/C6H14S3/c1-3-8-6(2)9-5-4-7/h6-7H,3-5H2,1-2H3. The minimum atomic E-state index is 0.752. The Morgan fingerprint density at radius 3 is 2.56 bits per heavy atom. The SMILES string of the molecule is CCSC(C)SCCS. The molecule has 0 heterocycles. The van der Waals surface area contributed by atoms with Crippen LogP contribution in [0.25, 0.3) is 0 Å². The van der Waals surface area contributed by atoms with Gasteiger partial charge in [-0.25, -0.2) is 0 Å². The predicted molar refractivity (Wildman–Crippen MR) is 53.9 cm³/mol. The minimum Gasteiger partial charge on any atom is -0.179 e. The van der Waals surface area contributed by atoms with Crippen molar-refractivity contribution >= 4 is 36.2 Å². The average Bonchev–Trinajstić information content (AvgIpc) is 1.85. The van der Waals surface area contributed by atoms with Gasteiger partial charge in [0.15, 0.2) is 0 Å². The summed E-state index contributed by atoms with van der Waals surface area (Å²) in [6, 6.07) is 0. The van der Waals surface area contributed by atoms with Gasteiger partial charge in [-0.2, -0.15) is 12.6 Å². The van der Waals surface area contributed by atoms with Gasteiger partial charge in [0.05, 0.1) is 0 Å². The molecule has 1 atom stereocenters. The van der Waals surface area contributed by atoms with Crippen LogP contribution in [0.15, 0.2) is 0 Å². The number of hydrogen-bond donors (Lipinski definition) is 1. The van der Waals surface area contributed by atoms with Crippen molar-refractivity contribution in [2.24, 2.45) is 0 Å². The van der Waals surface area contributed by atoms with E-state index in [0.29, 0.717) is 0 Å². The molecule has 56 valence electrons. The molecule has 0 aromatic heterocycles. The summed E-state index contributed by atoms with van der Waals surface area (Å²) in [6.45, 7) is 4.45. The third-order valence-corrected chi connectivity index (χ3v) is 3.90. The first-order valence-electron chi connectivity index (χ1n) is 3.15. The molecule has 0 radical (unpaired) electrons. The average molecular weight is 182 g/mol. The fourth-order valence-corrected chi connectivity index (χ4v) is 2.81. The summed E-state index contributed by atoms with van der Waals surface area (Å²) in [5.74, 6) is 3.40. The Hall–Kier alpha value is 1.05. The van der Waals surface area contributed by atoms with Gasteiger partial charge in [0, 0.05) is 10.3 Å². The molecule has 0 amide bonds. The van der Waals surface area contributed by atoms with Gasteiger partial charge in [-0.15, -0.1) is 23.5 Å². The van der Waals surface area contributed by atoms with Crippen molar-refractivity contribution in [2.45, 2.75) is 18.4 Å². The van der Waals surface area contributed by atoms with Gasteiger partial charge < -0.3 is 0 Å². The second-order valence-electron chi connectivity index (χ2n) is 1.62. The first-order valence-corrected chi connectivity index (χ1v) is 5.88. The zero-order chi connectivity index (χ0) is 7.11.